The molecular formula is C27H29Cl2N3O4S. The first-order valence-corrected chi connectivity index (χ1v) is 13.9. The van der Waals surface area contributed by atoms with Gasteiger partial charge in [0.1, 0.15) is 12.6 Å². The molecule has 7 nitrogen and oxygen atoms in total. The number of hydrogen-bond acceptors (Lipinski definition) is 4. The molecule has 1 unspecified atom stereocenters. The summed E-state index contributed by atoms with van der Waals surface area (Å²) in [6.07, 6.45) is 0. The van der Waals surface area contributed by atoms with Gasteiger partial charge in [0.2, 0.25) is 11.8 Å². The smallest absolute Gasteiger partial charge is 0.264 e. The standard InChI is InChI=1S/C27H29Cl2N3O4S/c1-19(2)30-27(34)20(3)31(17-21-9-7-8-12-25(21)29)26(33)18-32(23-10-5-4-6-11-23)37(35,36)24-15-13-22(28)14-16-24/h4-16,19-20H,17-18H2,1-3H3,(H,30,34). The highest BCUT2D eigenvalue weighted by atomic mass is 35.5. The molecule has 10 heteroatoms. The summed E-state index contributed by atoms with van der Waals surface area (Å²) in [6.45, 7) is 4.74. The van der Waals surface area contributed by atoms with Crippen LogP contribution in [0.4, 0.5) is 5.69 Å². The number of amides is 2. The number of nitrogens with zero attached hydrogens (tertiary/aromatic N) is 2. The van der Waals surface area contributed by atoms with E-state index in [0.29, 0.717) is 21.3 Å². The van der Waals surface area contributed by atoms with Gasteiger partial charge in [-0.05, 0) is 68.8 Å². The SMILES string of the molecule is CC(C)NC(=O)C(C)N(Cc1ccccc1Cl)C(=O)CN(c1ccccc1)S(=O)(=O)c1ccc(Cl)cc1. The average molecular weight is 563 g/mol. The molecule has 0 heterocycles. The Bertz CT molecular complexity index is 1330. The van der Waals surface area contributed by atoms with E-state index in [-0.39, 0.29) is 23.4 Å². The summed E-state index contributed by atoms with van der Waals surface area (Å²) in [5, 5.41) is 3.64. The van der Waals surface area contributed by atoms with Crippen LogP contribution in [0.2, 0.25) is 10.0 Å². The summed E-state index contributed by atoms with van der Waals surface area (Å²) in [6, 6.07) is 20.0. The molecule has 3 rings (SSSR count). The number of benzene rings is 3. The molecule has 3 aromatic carbocycles. The van der Waals surface area contributed by atoms with E-state index in [1.165, 1.54) is 29.2 Å². The number of halogens is 2. The minimum atomic E-state index is -4.14. The fourth-order valence-electron chi connectivity index (χ4n) is 3.65. The first-order chi connectivity index (χ1) is 17.5. The molecule has 0 spiro atoms. The molecule has 0 fully saturated rings. The summed E-state index contributed by atoms with van der Waals surface area (Å²) < 4.78 is 28.4. The van der Waals surface area contributed by atoms with E-state index in [2.05, 4.69) is 5.32 Å². The van der Waals surface area contributed by atoms with Crippen molar-refractivity contribution in [1.29, 1.82) is 0 Å². The lowest BCUT2D eigenvalue weighted by Crippen LogP contribution is -2.52. The Morgan fingerprint density at radius 2 is 1.46 bits per heavy atom. The number of nitrogens with one attached hydrogen (secondary N) is 1. The maximum atomic E-state index is 13.8. The molecule has 37 heavy (non-hydrogen) atoms. The van der Waals surface area contributed by atoms with Crippen molar-refractivity contribution in [1.82, 2.24) is 10.2 Å². The van der Waals surface area contributed by atoms with Crippen LogP contribution in [-0.4, -0.2) is 43.8 Å². The van der Waals surface area contributed by atoms with E-state index in [0.717, 1.165) is 4.31 Å². The van der Waals surface area contributed by atoms with Crippen molar-refractivity contribution in [3.63, 3.8) is 0 Å². The largest absolute Gasteiger partial charge is 0.352 e. The van der Waals surface area contributed by atoms with E-state index in [9.17, 15) is 18.0 Å². The zero-order valence-corrected chi connectivity index (χ0v) is 23.1. The van der Waals surface area contributed by atoms with E-state index in [1.807, 2.05) is 13.8 Å². The molecule has 0 aromatic heterocycles. The predicted molar refractivity (Wildman–Crippen MR) is 147 cm³/mol. The number of carbonyl (C=O) groups is 2. The topological polar surface area (TPSA) is 86.8 Å². The monoisotopic (exact) mass is 561 g/mol. The number of rotatable bonds is 10. The van der Waals surface area contributed by atoms with E-state index >= 15 is 0 Å². The third kappa shape index (κ3) is 7.25. The van der Waals surface area contributed by atoms with Gasteiger partial charge in [0.15, 0.2) is 0 Å². The van der Waals surface area contributed by atoms with Crippen molar-refractivity contribution in [2.75, 3.05) is 10.8 Å². The van der Waals surface area contributed by atoms with Gasteiger partial charge >= 0.3 is 0 Å². The van der Waals surface area contributed by atoms with Crippen LogP contribution in [0.1, 0.15) is 26.3 Å². The Labute approximate surface area is 228 Å². The molecule has 196 valence electrons. The Morgan fingerprint density at radius 1 is 0.865 bits per heavy atom. The number of hydrogen-bond donors (Lipinski definition) is 1. The Hall–Kier alpha value is -3.07. The van der Waals surface area contributed by atoms with Gasteiger partial charge in [-0.3, -0.25) is 13.9 Å². The third-order valence-electron chi connectivity index (χ3n) is 5.62. The van der Waals surface area contributed by atoms with Crippen molar-refractivity contribution in [3.05, 3.63) is 94.5 Å². The van der Waals surface area contributed by atoms with Gasteiger partial charge in [-0.15, -0.1) is 0 Å². The number of sulfonamides is 1. The zero-order chi connectivity index (χ0) is 27.2. The van der Waals surface area contributed by atoms with Crippen LogP contribution in [0.25, 0.3) is 0 Å². The number of carbonyl (C=O) groups excluding carboxylic acids is 2. The van der Waals surface area contributed by atoms with Crippen molar-refractivity contribution in [2.24, 2.45) is 0 Å². The molecule has 0 aliphatic carbocycles. The normalized spacial score (nSPS) is 12.2. The maximum absolute atomic E-state index is 13.8. The van der Waals surface area contributed by atoms with Crippen LogP contribution in [0.3, 0.4) is 0 Å². The van der Waals surface area contributed by atoms with Gasteiger partial charge in [-0.25, -0.2) is 8.42 Å². The summed E-state index contributed by atoms with van der Waals surface area (Å²) in [7, 11) is -4.14. The van der Waals surface area contributed by atoms with Crippen LogP contribution in [-0.2, 0) is 26.2 Å². The highest BCUT2D eigenvalue weighted by molar-refractivity contribution is 7.92. The Morgan fingerprint density at radius 3 is 2.05 bits per heavy atom. The molecule has 1 N–H and O–H groups in total. The second kappa shape index (κ2) is 12.4. The summed E-state index contributed by atoms with van der Waals surface area (Å²) in [5.74, 6) is -0.921. The highest BCUT2D eigenvalue weighted by Crippen LogP contribution is 2.26. The summed E-state index contributed by atoms with van der Waals surface area (Å²) in [4.78, 5) is 28.0. The van der Waals surface area contributed by atoms with Gasteiger partial charge in [0, 0.05) is 22.6 Å². The average Bonchev–Trinajstić information content (AvgIpc) is 2.86. The number of anilines is 1. The number of para-hydroxylation sites is 1. The van der Waals surface area contributed by atoms with Gasteiger partial charge < -0.3 is 10.2 Å². The lowest BCUT2D eigenvalue weighted by atomic mass is 10.1. The van der Waals surface area contributed by atoms with Crippen LogP contribution in [0.5, 0.6) is 0 Å². The van der Waals surface area contributed by atoms with Crippen LogP contribution in [0.15, 0.2) is 83.8 Å². The molecule has 2 amide bonds. The van der Waals surface area contributed by atoms with E-state index in [1.54, 1.807) is 61.5 Å². The van der Waals surface area contributed by atoms with Crippen molar-refractivity contribution < 1.29 is 18.0 Å². The first kappa shape index (κ1) is 28.5. The van der Waals surface area contributed by atoms with Gasteiger partial charge in [-0.1, -0.05) is 59.6 Å². The molecule has 0 bridgehead atoms. The summed E-state index contributed by atoms with van der Waals surface area (Å²) >= 11 is 12.3. The van der Waals surface area contributed by atoms with E-state index in [4.69, 9.17) is 23.2 Å². The fourth-order valence-corrected chi connectivity index (χ4v) is 5.39. The van der Waals surface area contributed by atoms with Crippen molar-refractivity contribution in [2.45, 2.75) is 44.3 Å². The minimum Gasteiger partial charge on any atom is -0.352 e. The lowest BCUT2D eigenvalue weighted by Gasteiger charge is -2.32. The first-order valence-electron chi connectivity index (χ1n) is 11.7. The highest BCUT2D eigenvalue weighted by Gasteiger charge is 2.32. The molecular weight excluding hydrogens is 533 g/mol. The minimum absolute atomic E-state index is 0.0168. The molecule has 0 radical (unpaired) electrons. The molecule has 0 aliphatic rings. The molecule has 0 saturated carbocycles. The lowest BCUT2D eigenvalue weighted by molar-refractivity contribution is -0.139. The fraction of sp³-hybridized carbons (Fsp3) is 0.259. The van der Waals surface area contributed by atoms with Crippen molar-refractivity contribution in [3.8, 4) is 0 Å². The van der Waals surface area contributed by atoms with Gasteiger partial charge in [0.25, 0.3) is 10.0 Å². The molecule has 3 aromatic rings. The van der Waals surface area contributed by atoms with E-state index < -0.39 is 28.5 Å². The van der Waals surface area contributed by atoms with Crippen molar-refractivity contribution >= 4 is 50.7 Å². The Balaban J connectivity index is 2.01. The zero-order valence-electron chi connectivity index (χ0n) is 20.8. The quantitative estimate of drug-likeness (QED) is 0.371. The molecule has 0 saturated heterocycles. The predicted octanol–water partition coefficient (Wildman–Crippen LogP) is 5.13. The maximum Gasteiger partial charge on any atom is 0.264 e. The van der Waals surface area contributed by atoms with Gasteiger partial charge in [-0.2, -0.15) is 0 Å². The van der Waals surface area contributed by atoms with Crippen LogP contribution >= 0.6 is 23.2 Å². The molecule has 0 aliphatic heterocycles. The van der Waals surface area contributed by atoms with Gasteiger partial charge in [0.05, 0.1) is 10.6 Å². The Kier molecular flexibility index (Phi) is 9.59. The second-order valence-corrected chi connectivity index (χ2v) is 11.5. The third-order valence-corrected chi connectivity index (χ3v) is 8.03. The van der Waals surface area contributed by atoms with Crippen LogP contribution in [0, 0.1) is 0 Å². The van der Waals surface area contributed by atoms with Crippen LogP contribution < -0.4 is 9.62 Å². The second-order valence-electron chi connectivity index (χ2n) is 8.75. The molecule has 1 atom stereocenters. The summed E-state index contributed by atoms with van der Waals surface area (Å²) in [5.41, 5.74) is 0.941.